The molecular weight excluding hydrogens is 250 g/mol. The molecule has 1 saturated heterocycles. The van der Waals surface area contributed by atoms with E-state index < -0.39 is 29.9 Å². The van der Waals surface area contributed by atoms with Gasteiger partial charge in [-0.15, -0.1) is 0 Å². The van der Waals surface area contributed by atoms with Crippen LogP contribution in [0.4, 0.5) is 0 Å². The summed E-state index contributed by atoms with van der Waals surface area (Å²) in [7, 11) is 1.26. The summed E-state index contributed by atoms with van der Waals surface area (Å²) in [6, 6.07) is 1.97. The van der Waals surface area contributed by atoms with Gasteiger partial charge in [0.25, 0.3) is 0 Å². The Morgan fingerprint density at radius 2 is 2.11 bits per heavy atom. The first-order valence-corrected chi connectivity index (χ1v) is 6.18. The maximum atomic E-state index is 12.1. The third kappa shape index (κ3) is 3.78. The molecule has 19 heavy (non-hydrogen) atoms. The minimum absolute atomic E-state index is 0.00227. The summed E-state index contributed by atoms with van der Waals surface area (Å²) < 4.78 is 9.59. The molecular formula is C13H17NO5. The second-order valence-corrected chi connectivity index (χ2v) is 4.53. The quantitative estimate of drug-likeness (QED) is 0.666. The molecule has 0 amide bonds. The third-order valence-electron chi connectivity index (χ3n) is 3.29. The minimum atomic E-state index is -0.564. The first kappa shape index (κ1) is 15.2. The number of rotatable bonds is 6. The van der Waals surface area contributed by atoms with Gasteiger partial charge >= 0.3 is 11.9 Å². The number of carbonyl (C=O) groups is 3. The summed E-state index contributed by atoms with van der Waals surface area (Å²) in [6.07, 6.45) is 0.0541. The van der Waals surface area contributed by atoms with Gasteiger partial charge in [-0.3, -0.25) is 14.4 Å². The lowest BCUT2D eigenvalue weighted by Crippen LogP contribution is -2.28. The van der Waals surface area contributed by atoms with Crippen molar-refractivity contribution in [3.8, 4) is 6.07 Å². The van der Waals surface area contributed by atoms with Crippen LogP contribution >= 0.6 is 0 Å². The maximum Gasteiger partial charge on any atom is 0.309 e. The van der Waals surface area contributed by atoms with Crippen LogP contribution in [0.5, 0.6) is 0 Å². The number of esters is 2. The molecule has 6 heteroatoms. The van der Waals surface area contributed by atoms with Crippen LogP contribution in [0.1, 0.15) is 32.6 Å². The molecule has 104 valence electrons. The highest BCUT2D eigenvalue weighted by molar-refractivity contribution is 5.91. The van der Waals surface area contributed by atoms with Gasteiger partial charge < -0.3 is 9.47 Å². The van der Waals surface area contributed by atoms with Crippen molar-refractivity contribution < 1.29 is 23.9 Å². The van der Waals surface area contributed by atoms with Crippen molar-refractivity contribution in [1.82, 2.24) is 0 Å². The summed E-state index contributed by atoms with van der Waals surface area (Å²) in [5, 5.41) is 8.55. The largest absolute Gasteiger partial charge is 0.469 e. The van der Waals surface area contributed by atoms with Crippen molar-refractivity contribution in [2.75, 3.05) is 7.11 Å². The van der Waals surface area contributed by atoms with Crippen LogP contribution in [0.3, 0.4) is 0 Å². The molecule has 0 unspecified atom stereocenters. The Balaban J connectivity index is 2.65. The fraction of sp³-hybridized carbons (Fsp3) is 0.692. The number of cyclic esters (lactones) is 1. The molecule has 0 radical (unpaired) electrons. The van der Waals surface area contributed by atoms with E-state index in [0.29, 0.717) is 6.42 Å². The van der Waals surface area contributed by atoms with Gasteiger partial charge in [-0.2, -0.15) is 5.26 Å². The zero-order valence-electron chi connectivity index (χ0n) is 11.0. The van der Waals surface area contributed by atoms with Gasteiger partial charge in [-0.25, -0.2) is 0 Å². The summed E-state index contributed by atoms with van der Waals surface area (Å²) in [5.74, 6) is -2.15. The molecule has 0 aliphatic carbocycles. The Labute approximate surface area is 111 Å². The third-order valence-corrected chi connectivity index (χ3v) is 3.29. The van der Waals surface area contributed by atoms with Crippen molar-refractivity contribution in [2.45, 2.75) is 38.7 Å². The molecule has 1 aliphatic rings. The Hall–Kier alpha value is -1.90. The summed E-state index contributed by atoms with van der Waals surface area (Å²) in [4.78, 5) is 34.6. The maximum absolute atomic E-state index is 12.1. The Morgan fingerprint density at radius 3 is 2.68 bits per heavy atom. The number of methoxy groups -OCH3 is 1. The molecule has 0 spiro atoms. The molecule has 0 saturated carbocycles. The highest BCUT2D eigenvalue weighted by Gasteiger charge is 2.45. The Bertz CT molecular complexity index is 412. The van der Waals surface area contributed by atoms with Crippen LogP contribution in [-0.2, 0) is 23.9 Å². The number of hydrogen-bond donors (Lipinski definition) is 0. The second-order valence-electron chi connectivity index (χ2n) is 4.53. The van der Waals surface area contributed by atoms with Gasteiger partial charge in [0.1, 0.15) is 11.9 Å². The molecule has 0 aromatic rings. The first-order chi connectivity index (χ1) is 9.01. The Kier molecular flexibility index (Phi) is 5.49. The molecule has 0 aromatic carbocycles. The molecule has 1 fully saturated rings. The van der Waals surface area contributed by atoms with E-state index in [2.05, 4.69) is 4.74 Å². The molecule has 1 heterocycles. The van der Waals surface area contributed by atoms with Crippen molar-refractivity contribution >= 4 is 17.7 Å². The van der Waals surface area contributed by atoms with E-state index >= 15 is 0 Å². The monoisotopic (exact) mass is 267 g/mol. The predicted molar refractivity (Wildman–Crippen MR) is 63.6 cm³/mol. The van der Waals surface area contributed by atoms with Crippen LogP contribution in [-0.4, -0.2) is 30.9 Å². The van der Waals surface area contributed by atoms with Gasteiger partial charge in [0, 0.05) is 12.8 Å². The standard InChI is InChI=1S/C13H17NO5/c1-8-12(9(15)5-6-11(16)18-2)10(4-3-7-14)19-13(8)17/h8,10,12H,3-6H2,1-2H3/t8-,10+,12+/m1/s1. The van der Waals surface area contributed by atoms with Gasteiger partial charge in [0.2, 0.25) is 0 Å². The van der Waals surface area contributed by atoms with E-state index in [1.165, 1.54) is 7.11 Å². The van der Waals surface area contributed by atoms with Crippen molar-refractivity contribution in [2.24, 2.45) is 11.8 Å². The highest BCUT2D eigenvalue weighted by atomic mass is 16.6. The fourth-order valence-electron chi connectivity index (χ4n) is 2.22. The van der Waals surface area contributed by atoms with Gasteiger partial charge in [-0.1, -0.05) is 6.92 Å². The van der Waals surface area contributed by atoms with Crippen LogP contribution < -0.4 is 0 Å². The van der Waals surface area contributed by atoms with E-state index in [1.54, 1.807) is 6.92 Å². The number of Topliss-reactive ketones (excluding diaryl/α,β-unsaturated/α-hetero) is 1. The highest BCUT2D eigenvalue weighted by Crippen LogP contribution is 2.32. The van der Waals surface area contributed by atoms with Crippen molar-refractivity contribution in [3.05, 3.63) is 0 Å². The van der Waals surface area contributed by atoms with Gasteiger partial charge in [-0.05, 0) is 6.42 Å². The first-order valence-electron chi connectivity index (χ1n) is 6.18. The zero-order valence-corrected chi connectivity index (χ0v) is 11.0. The smallest absolute Gasteiger partial charge is 0.309 e. The van der Waals surface area contributed by atoms with Crippen LogP contribution in [0.25, 0.3) is 0 Å². The van der Waals surface area contributed by atoms with Crippen LogP contribution in [0.2, 0.25) is 0 Å². The van der Waals surface area contributed by atoms with Crippen LogP contribution in [0.15, 0.2) is 0 Å². The molecule has 6 nitrogen and oxygen atoms in total. The number of carbonyl (C=O) groups excluding carboxylic acids is 3. The second kappa shape index (κ2) is 6.88. The normalized spacial score (nSPS) is 25.5. The minimum Gasteiger partial charge on any atom is -0.469 e. The molecule has 3 atom stereocenters. The topological polar surface area (TPSA) is 93.5 Å². The average molecular weight is 267 g/mol. The lowest BCUT2D eigenvalue weighted by Gasteiger charge is -2.17. The van der Waals surface area contributed by atoms with E-state index in [-0.39, 0.29) is 25.0 Å². The van der Waals surface area contributed by atoms with E-state index in [9.17, 15) is 14.4 Å². The van der Waals surface area contributed by atoms with E-state index in [0.717, 1.165) is 0 Å². The lowest BCUT2D eigenvalue weighted by molar-refractivity contribution is -0.144. The SMILES string of the molecule is COC(=O)CCC(=O)[C@H]1[C@H](CCC#N)OC(=O)[C@@H]1C. The number of ether oxygens (including phenoxy) is 2. The zero-order chi connectivity index (χ0) is 14.4. The van der Waals surface area contributed by atoms with Crippen LogP contribution in [0, 0.1) is 23.2 Å². The predicted octanol–water partition coefficient (Wildman–Crippen LogP) is 0.990. The summed E-state index contributed by atoms with van der Waals surface area (Å²) >= 11 is 0. The van der Waals surface area contributed by atoms with Gasteiger partial charge in [0.15, 0.2) is 0 Å². The summed E-state index contributed by atoms with van der Waals surface area (Å²) in [5.41, 5.74) is 0. The van der Waals surface area contributed by atoms with Gasteiger partial charge in [0.05, 0.1) is 31.4 Å². The number of nitrogens with zero attached hydrogens (tertiary/aromatic N) is 1. The number of ketones is 1. The average Bonchev–Trinajstić information content (AvgIpc) is 2.68. The fourth-order valence-corrected chi connectivity index (χ4v) is 2.22. The summed E-state index contributed by atoms with van der Waals surface area (Å²) in [6.45, 7) is 1.63. The number of nitriles is 1. The molecule has 1 rings (SSSR count). The molecule has 1 aliphatic heterocycles. The molecule has 0 bridgehead atoms. The van der Waals surface area contributed by atoms with Crippen molar-refractivity contribution in [1.29, 1.82) is 5.26 Å². The molecule has 0 N–H and O–H groups in total. The number of hydrogen-bond acceptors (Lipinski definition) is 6. The van der Waals surface area contributed by atoms with Crippen molar-refractivity contribution in [3.63, 3.8) is 0 Å². The molecule has 0 aromatic heterocycles. The van der Waals surface area contributed by atoms with E-state index in [4.69, 9.17) is 10.00 Å². The Morgan fingerprint density at radius 1 is 1.42 bits per heavy atom. The van der Waals surface area contributed by atoms with E-state index in [1.807, 2.05) is 6.07 Å². The lowest BCUT2D eigenvalue weighted by atomic mass is 9.84.